The summed E-state index contributed by atoms with van der Waals surface area (Å²) in [5.41, 5.74) is 0.881. The van der Waals surface area contributed by atoms with Crippen molar-refractivity contribution in [3.8, 4) is 0 Å². The zero-order valence-corrected chi connectivity index (χ0v) is 11.3. The highest BCUT2D eigenvalue weighted by molar-refractivity contribution is 5.88. The van der Waals surface area contributed by atoms with E-state index in [0.29, 0.717) is 18.9 Å². The summed E-state index contributed by atoms with van der Waals surface area (Å²) in [5, 5.41) is 17.1. The van der Waals surface area contributed by atoms with E-state index in [9.17, 15) is 9.90 Å². The minimum atomic E-state index is -0.219. The van der Waals surface area contributed by atoms with E-state index < -0.39 is 0 Å². The van der Waals surface area contributed by atoms with Gasteiger partial charge in [-0.2, -0.15) is 5.10 Å². The van der Waals surface area contributed by atoms with Gasteiger partial charge in [-0.05, 0) is 19.8 Å². The van der Waals surface area contributed by atoms with Gasteiger partial charge in [-0.15, -0.1) is 0 Å². The third-order valence-electron chi connectivity index (χ3n) is 4.31. The first-order valence-corrected chi connectivity index (χ1v) is 6.79. The number of nitrogens with one attached hydrogen (secondary N) is 1. The Bertz CT molecular complexity index is 485. The van der Waals surface area contributed by atoms with E-state index in [1.807, 2.05) is 24.9 Å². The number of urea groups is 1. The molecule has 3 atom stereocenters. The SMILES string of the molecule is Cc1cc(NC(=O)N2C[C@H]3CC[C@@H](C2)C3O)n(C)n1. The second kappa shape index (κ2) is 4.52. The average molecular weight is 264 g/mol. The van der Waals surface area contributed by atoms with E-state index in [-0.39, 0.29) is 24.0 Å². The predicted molar refractivity (Wildman–Crippen MR) is 70.8 cm³/mol. The van der Waals surface area contributed by atoms with E-state index >= 15 is 0 Å². The molecule has 1 aliphatic heterocycles. The van der Waals surface area contributed by atoms with Crippen LogP contribution >= 0.6 is 0 Å². The lowest BCUT2D eigenvalue weighted by Gasteiger charge is -2.35. The van der Waals surface area contributed by atoms with Crippen LogP contribution in [0.15, 0.2) is 6.07 Å². The second-order valence-corrected chi connectivity index (χ2v) is 5.72. The van der Waals surface area contributed by atoms with E-state index in [2.05, 4.69) is 10.4 Å². The van der Waals surface area contributed by atoms with Gasteiger partial charge in [0.15, 0.2) is 0 Å². The molecule has 0 radical (unpaired) electrons. The quantitative estimate of drug-likeness (QED) is 0.794. The molecule has 2 heterocycles. The maximum absolute atomic E-state index is 12.2. The number of carbonyl (C=O) groups excluding carboxylic acids is 1. The van der Waals surface area contributed by atoms with Crippen molar-refractivity contribution in [3.63, 3.8) is 0 Å². The monoisotopic (exact) mass is 264 g/mol. The molecule has 1 saturated carbocycles. The van der Waals surface area contributed by atoms with Gasteiger partial charge in [-0.25, -0.2) is 4.79 Å². The molecule has 2 fully saturated rings. The van der Waals surface area contributed by atoms with Crippen molar-refractivity contribution in [2.75, 3.05) is 18.4 Å². The third-order valence-corrected chi connectivity index (χ3v) is 4.31. The van der Waals surface area contributed by atoms with Gasteiger partial charge in [0.1, 0.15) is 5.82 Å². The van der Waals surface area contributed by atoms with Crippen LogP contribution in [0.25, 0.3) is 0 Å². The highest BCUT2D eigenvalue weighted by atomic mass is 16.3. The first-order valence-electron chi connectivity index (χ1n) is 6.79. The highest BCUT2D eigenvalue weighted by Gasteiger charge is 2.42. The Balaban J connectivity index is 1.67. The molecular weight excluding hydrogens is 244 g/mol. The Labute approximate surface area is 112 Å². The standard InChI is InChI=1S/C13H20N4O2/c1-8-5-11(16(2)15-8)14-13(19)17-6-9-3-4-10(7-17)12(9)18/h5,9-10,12,18H,3-4,6-7H2,1-2H3,(H,14,19)/t9-,10+,12?. The lowest BCUT2D eigenvalue weighted by atomic mass is 9.95. The molecule has 1 aromatic rings. The molecule has 19 heavy (non-hydrogen) atoms. The molecule has 2 aliphatic rings. The van der Waals surface area contributed by atoms with Crippen LogP contribution in [-0.2, 0) is 7.05 Å². The van der Waals surface area contributed by atoms with Gasteiger partial charge in [-0.1, -0.05) is 0 Å². The summed E-state index contributed by atoms with van der Waals surface area (Å²) in [5.74, 6) is 1.21. The number of likely N-dealkylation sites (tertiary alicyclic amines) is 1. The first kappa shape index (κ1) is 12.5. The van der Waals surface area contributed by atoms with Crippen LogP contribution in [0, 0.1) is 18.8 Å². The van der Waals surface area contributed by atoms with Crippen LogP contribution < -0.4 is 5.32 Å². The molecule has 3 rings (SSSR count). The number of fused-ring (bicyclic) bond motifs is 2. The number of amides is 2. The zero-order chi connectivity index (χ0) is 13.6. The molecule has 6 heteroatoms. The first-order chi connectivity index (χ1) is 9.04. The molecule has 2 N–H and O–H groups in total. The molecule has 2 bridgehead atoms. The lowest BCUT2D eigenvalue weighted by Crippen LogP contribution is -2.48. The molecule has 1 aromatic heterocycles. The van der Waals surface area contributed by atoms with Crippen molar-refractivity contribution in [3.05, 3.63) is 11.8 Å². The number of carbonyl (C=O) groups is 1. The molecule has 6 nitrogen and oxygen atoms in total. The number of hydrogen-bond donors (Lipinski definition) is 2. The molecule has 0 spiro atoms. The molecule has 1 unspecified atom stereocenters. The number of piperidine rings is 1. The molecule has 1 saturated heterocycles. The third kappa shape index (κ3) is 2.20. The maximum atomic E-state index is 12.2. The van der Waals surface area contributed by atoms with Gasteiger partial charge >= 0.3 is 6.03 Å². The number of nitrogens with zero attached hydrogens (tertiary/aromatic N) is 3. The largest absolute Gasteiger partial charge is 0.392 e. The fourth-order valence-electron chi connectivity index (χ4n) is 3.28. The minimum Gasteiger partial charge on any atom is -0.392 e. The van der Waals surface area contributed by atoms with Crippen molar-refractivity contribution >= 4 is 11.8 Å². The predicted octanol–water partition coefficient (Wildman–Crippen LogP) is 0.963. The number of hydrogen-bond acceptors (Lipinski definition) is 3. The summed E-state index contributed by atoms with van der Waals surface area (Å²) in [6.45, 7) is 3.20. The molecule has 2 amide bonds. The molecule has 1 aliphatic carbocycles. The number of aliphatic hydroxyl groups is 1. The van der Waals surface area contributed by atoms with E-state index in [1.165, 1.54) is 0 Å². The fraction of sp³-hybridized carbons (Fsp3) is 0.692. The van der Waals surface area contributed by atoms with E-state index in [4.69, 9.17) is 0 Å². The highest BCUT2D eigenvalue weighted by Crippen LogP contribution is 2.36. The molecule has 104 valence electrons. The second-order valence-electron chi connectivity index (χ2n) is 5.72. The van der Waals surface area contributed by atoms with Crippen LogP contribution in [0.5, 0.6) is 0 Å². The van der Waals surface area contributed by atoms with Gasteiger partial charge in [0.25, 0.3) is 0 Å². The zero-order valence-electron chi connectivity index (χ0n) is 11.3. The maximum Gasteiger partial charge on any atom is 0.323 e. The average Bonchev–Trinajstić information content (AvgIpc) is 2.75. The van der Waals surface area contributed by atoms with Crippen LogP contribution in [0.4, 0.5) is 10.6 Å². The normalized spacial score (nSPS) is 29.6. The van der Waals surface area contributed by atoms with E-state index in [1.54, 1.807) is 4.68 Å². The summed E-state index contributed by atoms with van der Waals surface area (Å²) >= 11 is 0. The Hall–Kier alpha value is -1.56. The Kier molecular flexibility index (Phi) is 2.97. The van der Waals surface area contributed by atoms with Crippen molar-refractivity contribution < 1.29 is 9.90 Å². The Morgan fingerprint density at radius 3 is 2.58 bits per heavy atom. The van der Waals surface area contributed by atoms with Gasteiger partial charge in [-0.3, -0.25) is 10.00 Å². The fourth-order valence-corrected chi connectivity index (χ4v) is 3.28. The number of aliphatic hydroxyl groups excluding tert-OH is 1. The summed E-state index contributed by atoms with van der Waals surface area (Å²) < 4.78 is 1.67. The number of anilines is 1. The molecule has 0 aromatic carbocycles. The summed E-state index contributed by atoms with van der Waals surface area (Å²) in [6, 6.07) is 1.76. The topological polar surface area (TPSA) is 70.4 Å². The molecular formula is C13H20N4O2. The van der Waals surface area contributed by atoms with Crippen molar-refractivity contribution in [2.45, 2.75) is 25.9 Å². The van der Waals surface area contributed by atoms with Gasteiger partial charge in [0.05, 0.1) is 11.8 Å². The number of aromatic nitrogens is 2. The summed E-state index contributed by atoms with van der Waals surface area (Å²) in [4.78, 5) is 14.1. The van der Waals surface area contributed by atoms with Crippen molar-refractivity contribution in [1.29, 1.82) is 0 Å². The smallest absolute Gasteiger partial charge is 0.323 e. The summed E-state index contributed by atoms with van der Waals surface area (Å²) in [7, 11) is 1.81. The van der Waals surface area contributed by atoms with Crippen LogP contribution in [0.1, 0.15) is 18.5 Å². The van der Waals surface area contributed by atoms with Gasteiger partial charge < -0.3 is 10.0 Å². The minimum absolute atomic E-state index is 0.0909. The van der Waals surface area contributed by atoms with Crippen LogP contribution in [-0.4, -0.2) is 45.0 Å². The van der Waals surface area contributed by atoms with Crippen LogP contribution in [0.3, 0.4) is 0 Å². The van der Waals surface area contributed by atoms with Gasteiger partial charge in [0.2, 0.25) is 0 Å². The lowest BCUT2D eigenvalue weighted by molar-refractivity contribution is 0.0326. The van der Waals surface area contributed by atoms with Gasteiger partial charge in [0, 0.05) is 38.0 Å². The van der Waals surface area contributed by atoms with Crippen molar-refractivity contribution in [1.82, 2.24) is 14.7 Å². The number of aryl methyl sites for hydroxylation is 2. The summed E-state index contributed by atoms with van der Waals surface area (Å²) in [6.07, 6.45) is 1.84. The van der Waals surface area contributed by atoms with Crippen LogP contribution in [0.2, 0.25) is 0 Å². The number of rotatable bonds is 1. The van der Waals surface area contributed by atoms with E-state index in [0.717, 1.165) is 18.5 Å². The van der Waals surface area contributed by atoms with Crippen molar-refractivity contribution in [2.24, 2.45) is 18.9 Å². The Morgan fingerprint density at radius 2 is 2.05 bits per heavy atom. The Morgan fingerprint density at radius 1 is 1.42 bits per heavy atom.